The van der Waals surface area contributed by atoms with Gasteiger partial charge in [0.05, 0.1) is 23.0 Å². The summed E-state index contributed by atoms with van der Waals surface area (Å²) in [5.74, 6) is -0.403. The molecular formula is C21H31N3O5S. The van der Waals surface area contributed by atoms with Gasteiger partial charge in [-0.3, -0.25) is 9.59 Å². The second-order valence-electron chi connectivity index (χ2n) is 8.09. The zero-order valence-electron chi connectivity index (χ0n) is 17.8. The number of benzene rings is 1. The summed E-state index contributed by atoms with van der Waals surface area (Å²) in [7, 11) is -3.65. The topological polar surface area (TPSA) is 96.0 Å². The minimum absolute atomic E-state index is 0.0228. The van der Waals surface area contributed by atoms with Crippen molar-refractivity contribution in [3.05, 3.63) is 29.8 Å². The first-order chi connectivity index (χ1) is 14.2. The summed E-state index contributed by atoms with van der Waals surface area (Å²) < 4.78 is 33.0. The van der Waals surface area contributed by atoms with Crippen molar-refractivity contribution in [2.75, 3.05) is 32.7 Å². The lowest BCUT2D eigenvalue weighted by Crippen LogP contribution is -2.48. The first kappa shape index (κ1) is 22.7. The Morgan fingerprint density at radius 2 is 1.73 bits per heavy atom. The number of piperidine rings is 1. The minimum Gasteiger partial charge on any atom is -0.373 e. The molecule has 9 heteroatoms. The number of carbonyl (C=O) groups is 2. The van der Waals surface area contributed by atoms with Crippen molar-refractivity contribution in [1.82, 2.24) is 14.5 Å². The molecule has 3 rings (SSSR count). The van der Waals surface area contributed by atoms with Crippen LogP contribution in [0.3, 0.4) is 0 Å². The highest BCUT2D eigenvalue weighted by molar-refractivity contribution is 7.89. The van der Waals surface area contributed by atoms with Gasteiger partial charge in [-0.1, -0.05) is 0 Å². The molecule has 2 heterocycles. The summed E-state index contributed by atoms with van der Waals surface area (Å²) in [6.45, 7) is 7.74. The van der Waals surface area contributed by atoms with Crippen molar-refractivity contribution in [3.8, 4) is 0 Å². The number of rotatable bonds is 5. The van der Waals surface area contributed by atoms with Crippen LogP contribution in [0.25, 0.3) is 0 Å². The molecular weight excluding hydrogens is 406 g/mol. The highest BCUT2D eigenvalue weighted by Gasteiger charge is 2.33. The molecule has 0 saturated carbocycles. The molecule has 2 aliphatic rings. The van der Waals surface area contributed by atoms with E-state index in [1.165, 1.54) is 16.4 Å². The molecule has 3 unspecified atom stereocenters. The van der Waals surface area contributed by atoms with E-state index in [0.717, 1.165) is 12.8 Å². The van der Waals surface area contributed by atoms with Gasteiger partial charge in [-0.15, -0.1) is 0 Å². The van der Waals surface area contributed by atoms with Gasteiger partial charge in [0.2, 0.25) is 15.9 Å². The van der Waals surface area contributed by atoms with Crippen LogP contribution in [0.15, 0.2) is 29.2 Å². The van der Waals surface area contributed by atoms with Crippen LogP contribution >= 0.6 is 0 Å². The van der Waals surface area contributed by atoms with Gasteiger partial charge in [-0.05, 0) is 57.9 Å². The molecule has 1 aromatic rings. The molecule has 166 valence electrons. The standard InChI is InChI=1S/C21H31N3O5S/c1-4-22-20(25)18-6-5-11-23(14-18)21(26)17-7-9-19(10-8-17)30(27,28)24-12-15(2)29-16(3)13-24/h7-10,15-16,18H,4-6,11-14H2,1-3H3,(H,22,25). The molecule has 8 nitrogen and oxygen atoms in total. The van der Waals surface area contributed by atoms with Crippen molar-refractivity contribution >= 4 is 21.8 Å². The number of nitrogens with zero attached hydrogens (tertiary/aromatic N) is 2. The van der Waals surface area contributed by atoms with Crippen molar-refractivity contribution in [2.24, 2.45) is 5.92 Å². The number of morpholine rings is 1. The van der Waals surface area contributed by atoms with Crippen molar-refractivity contribution in [1.29, 1.82) is 0 Å². The van der Waals surface area contributed by atoms with Gasteiger partial charge >= 0.3 is 0 Å². The average molecular weight is 438 g/mol. The van der Waals surface area contributed by atoms with Crippen LogP contribution < -0.4 is 5.32 Å². The number of nitrogens with one attached hydrogen (secondary N) is 1. The van der Waals surface area contributed by atoms with Crippen LogP contribution in [0.4, 0.5) is 0 Å². The summed E-state index contributed by atoms with van der Waals surface area (Å²) >= 11 is 0. The number of amides is 2. The van der Waals surface area contributed by atoms with Gasteiger partial charge in [-0.2, -0.15) is 4.31 Å². The van der Waals surface area contributed by atoms with E-state index in [9.17, 15) is 18.0 Å². The first-order valence-corrected chi connectivity index (χ1v) is 12.0. The number of ether oxygens (including phenoxy) is 1. The second-order valence-corrected chi connectivity index (χ2v) is 10.0. The van der Waals surface area contributed by atoms with E-state index in [-0.39, 0.29) is 34.8 Å². The van der Waals surface area contributed by atoms with Gasteiger partial charge in [-0.25, -0.2) is 8.42 Å². The molecule has 2 fully saturated rings. The Balaban J connectivity index is 1.70. The molecule has 1 aromatic carbocycles. The van der Waals surface area contributed by atoms with Crippen LogP contribution in [-0.2, 0) is 19.6 Å². The Morgan fingerprint density at radius 3 is 2.33 bits per heavy atom. The number of hydrogen-bond donors (Lipinski definition) is 1. The molecule has 0 aliphatic carbocycles. The Bertz CT molecular complexity index is 861. The van der Waals surface area contributed by atoms with Gasteiger partial charge in [0.15, 0.2) is 0 Å². The van der Waals surface area contributed by atoms with Crippen LogP contribution in [-0.4, -0.2) is 74.4 Å². The quantitative estimate of drug-likeness (QED) is 0.753. The third kappa shape index (κ3) is 5.01. The summed E-state index contributed by atoms with van der Waals surface area (Å²) in [6, 6.07) is 6.08. The maximum atomic E-state index is 13.0. The Kier molecular flexibility index (Phi) is 7.15. The Morgan fingerprint density at radius 1 is 1.10 bits per heavy atom. The third-order valence-corrected chi connectivity index (χ3v) is 7.40. The molecule has 3 atom stereocenters. The molecule has 2 amide bonds. The Hall–Kier alpha value is -1.97. The van der Waals surface area contributed by atoms with Crippen LogP contribution in [0, 0.1) is 5.92 Å². The maximum absolute atomic E-state index is 13.0. The summed E-state index contributed by atoms with van der Waals surface area (Å²) in [6.07, 6.45) is 1.21. The van der Waals surface area contributed by atoms with Gasteiger partial charge in [0, 0.05) is 38.3 Å². The van der Waals surface area contributed by atoms with E-state index in [4.69, 9.17) is 4.74 Å². The van der Waals surface area contributed by atoms with Crippen molar-refractivity contribution in [3.63, 3.8) is 0 Å². The van der Waals surface area contributed by atoms with Gasteiger partial charge in [0.1, 0.15) is 0 Å². The average Bonchev–Trinajstić information content (AvgIpc) is 2.73. The van der Waals surface area contributed by atoms with Crippen molar-refractivity contribution in [2.45, 2.75) is 50.7 Å². The minimum atomic E-state index is -3.65. The lowest BCUT2D eigenvalue weighted by atomic mass is 9.96. The van der Waals surface area contributed by atoms with E-state index in [0.29, 0.717) is 38.3 Å². The zero-order valence-corrected chi connectivity index (χ0v) is 18.7. The highest BCUT2D eigenvalue weighted by atomic mass is 32.2. The molecule has 2 aliphatic heterocycles. The highest BCUT2D eigenvalue weighted by Crippen LogP contribution is 2.23. The number of hydrogen-bond acceptors (Lipinski definition) is 5. The summed E-state index contributed by atoms with van der Waals surface area (Å²) in [5.41, 5.74) is 0.425. The summed E-state index contributed by atoms with van der Waals surface area (Å²) in [4.78, 5) is 26.9. The zero-order chi connectivity index (χ0) is 21.9. The first-order valence-electron chi connectivity index (χ1n) is 10.5. The third-order valence-electron chi connectivity index (χ3n) is 5.56. The number of likely N-dealkylation sites (tertiary alicyclic amines) is 1. The van der Waals surface area contributed by atoms with E-state index in [2.05, 4.69) is 5.32 Å². The summed E-state index contributed by atoms with van der Waals surface area (Å²) in [5, 5.41) is 2.82. The molecule has 2 saturated heterocycles. The lowest BCUT2D eigenvalue weighted by molar-refractivity contribution is -0.126. The Labute approximate surface area is 178 Å². The van der Waals surface area contributed by atoms with Gasteiger partial charge < -0.3 is 15.0 Å². The largest absolute Gasteiger partial charge is 0.373 e. The lowest BCUT2D eigenvalue weighted by Gasteiger charge is -2.34. The predicted molar refractivity (Wildman–Crippen MR) is 113 cm³/mol. The fourth-order valence-corrected chi connectivity index (χ4v) is 5.71. The van der Waals surface area contributed by atoms with E-state index >= 15 is 0 Å². The van der Waals surface area contributed by atoms with Gasteiger partial charge in [0.25, 0.3) is 5.91 Å². The van der Waals surface area contributed by atoms with Crippen LogP contribution in [0.5, 0.6) is 0 Å². The van der Waals surface area contributed by atoms with E-state index in [1.807, 2.05) is 20.8 Å². The van der Waals surface area contributed by atoms with Crippen molar-refractivity contribution < 1.29 is 22.7 Å². The fraction of sp³-hybridized carbons (Fsp3) is 0.619. The molecule has 0 aromatic heterocycles. The SMILES string of the molecule is CCNC(=O)C1CCCN(C(=O)c2ccc(S(=O)(=O)N3CC(C)OC(C)C3)cc2)C1. The molecule has 30 heavy (non-hydrogen) atoms. The second kappa shape index (κ2) is 9.45. The number of carbonyl (C=O) groups excluding carboxylic acids is 2. The molecule has 0 spiro atoms. The number of sulfonamides is 1. The fourth-order valence-electron chi connectivity index (χ4n) is 4.12. The van der Waals surface area contributed by atoms with Crippen LogP contribution in [0.2, 0.25) is 0 Å². The normalized spacial score (nSPS) is 25.7. The smallest absolute Gasteiger partial charge is 0.253 e. The molecule has 0 radical (unpaired) electrons. The monoisotopic (exact) mass is 437 g/mol. The maximum Gasteiger partial charge on any atom is 0.253 e. The van der Waals surface area contributed by atoms with Crippen LogP contribution in [0.1, 0.15) is 44.0 Å². The molecule has 0 bridgehead atoms. The predicted octanol–water partition coefficient (Wildman–Crippen LogP) is 1.47. The van der Waals surface area contributed by atoms with E-state index in [1.54, 1.807) is 17.0 Å². The van der Waals surface area contributed by atoms with E-state index < -0.39 is 10.0 Å². The molecule has 1 N–H and O–H groups in total.